The van der Waals surface area contributed by atoms with E-state index in [2.05, 4.69) is 21.4 Å². The van der Waals surface area contributed by atoms with Crippen LogP contribution in [-0.2, 0) is 53.6 Å². The van der Waals surface area contributed by atoms with Gasteiger partial charge in [-0.2, -0.15) is 0 Å². The van der Waals surface area contributed by atoms with E-state index >= 15 is 4.39 Å². The number of aromatic nitrogens is 1. The van der Waals surface area contributed by atoms with Crippen molar-refractivity contribution in [1.82, 2.24) is 15.2 Å². The van der Waals surface area contributed by atoms with Crippen molar-refractivity contribution < 1.29 is 61.3 Å². The summed E-state index contributed by atoms with van der Waals surface area (Å²) in [5, 5.41) is 14.5. The average molecular weight is 755 g/mol. The molecule has 1 aliphatic heterocycles. The summed E-state index contributed by atoms with van der Waals surface area (Å²) in [4.78, 5) is 42.0. The Morgan fingerprint density at radius 1 is 1.26 bits per heavy atom. The third-order valence-electron chi connectivity index (χ3n) is 7.81. The van der Waals surface area contributed by atoms with E-state index in [1.54, 1.807) is 16.2 Å². The summed E-state index contributed by atoms with van der Waals surface area (Å²) in [6.45, 7) is 11.9. The predicted molar refractivity (Wildman–Crippen MR) is 182 cm³/mol. The molecule has 2 aliphatic rings. The fourth-order valence-electron chi connectivity index (χ4n) is 5.65. The van der Waals surface area contributed by atoms with Crippen LogP contribution in [0.25, 0.3) is 15.8 Å². The summed E-state index contributed by atoms with van der Waals surface area (Å²) in [5.41, 5.74) is 12.7. The predicted octanol–water partition coefficient (Wildman–Crippen LogP) is 4.34. The standard InChI is InChI=1S/C30H43FN5O3S.CH5N.CH4O.CH2O.Y/c1-20-25(40-19-35-20)21-9-10-22(24(16-21)39-18-33-14-6-5-13-32)17-34-27(37)23-8-7-15-36(23)28(38)26(29(2,3)4)30(31)11-12-30;3*1-2;/h9-10,16,19,23,26H,5-8,11-15,17-18,32H2,1-4H3,(H,34,37);2H2,1H3;2H,1H3;1H2;/q-1;;;;. The minimum Gasteiger partial charge on any atom is -0.629 e. The van der Waals surface area contributed by atoms with Crippen molar-refractivity contribution in [3.05, 3.63) is 40.3 Å². The molecule has 1 aliphatic carbocycles. The van der Waals surface area contributed by atoms with Crippen LogP contribution >= 0.6 is 11.3 Å². The van der Waals surface area contributed by atoms with Gasteiger partial charge in [-0.1, -0.05) is 39.3 Å². The van der Waals surface area contributed by atoms with Crippen LogP contribution < -0.4 is 21.5 Å². The minimum atomic E-state index is -1.46. The number of hydrogen-bond donors (Lipinski definition) is 4. The first-order valence-corrected chi connectivity index (χ1v) is 16.5. The zero-order valence-electron chi connectivity index (χ0n) is 28.9. The van der Waals surface area contributed by atoms with Crippen molar-refractivity contribution >= 4 is 29.9 Å². The smallest absolute Gasteiger partial charge is 0.243 e. The molecule has 6 N–H and O–H groups in total. The quantitative estimate of drug-likeness (QED) is 0.219. The number of carbonyl (C=O) groups is 3. The normalized spacial score (nSPS) is 16.5. The number of likely N-dealkylation sites (tertiary alicyclic amines) is 1. The fraction of sp³-hybridized carbons (Fsp3) is 0.636. The average Bonchev–Trinajstić information content (AvgIpc) is 3.40. The molecule has 2 aromatic rings. The summed E-state index contributed by atoms with van der Waals surface area (Å²) in [6.07, 6.45) is 3.95. The maximum Gasteiger partial charge on any atom is 0.243 e. The van der Waals surface area contributed by atoms with Gasteiger partial charge < -0.3 is 41.6 Å². The minimum absolute atomic E-state index is 0. The Morgan fingerprint density at radius 3 is 2.47 bits per heavy atom. The van der Waals surface area contributed by atoms with Crippen LogP contribution in [0.1, 0.15) is 70.6 Å². The first-order valence-electron chi connectivity index (χ1n) is 15.6. The zero-order chi connectivity index (χ0) is 34.9. The van der Waals surface area contributed by atoms with E-state index < -0.39 is 23.0 Å². The van der Waals surface area contributed by atoms with Gasteiger partial charge in [0.2, 0.25) is 11.8 Å². The van der Waals surface area contributed by atoms with E-state index in [0.717, 1.165) is 48.1 Å². The van der Waals surface area contributed by atoms with E-state index in [9.17, 15) is 9.59 Å². The van der Waals surface area contributed by atoms with Gasteiger partial charge in [0.05, 0.1) is 22.0 Å². The van der Waals surface area contributed by atoms with Crippen LogP contribution in [0.2, 0.25) is 0 Å². The largest absolute Gasteiger partial charge is 0.629 e. The molecule has 47 heavy (non-hydrogen) atoms. The van der Waals surface area contributed by atoms with E-state index in [1.807, 2.05) is 58.2 Å². The number of hydrogen-bond acceptors (Lipinski definition) is 9. The Balaban J connectivity index is 0.00000286. The Kier molecular flexibility index (Phi) is 21.8. The number of nitrogens with two attached hydrogens (primary N) is 2. The number of thiazole rings is 1. The Bertz CT molecular complexity index is 1210. The maximum atomic E-state index is 15.3. The molecule has 1 aromatic carbocycles. The van der Waals surface area contributed by atoms with Gasteiger partial charge in [0.15, 0.2) is 0 Å². The van der Waals surface area contributed by atoms with Crippen molar-refractivity contribution in [3.8, 4) is 16.2 Å². The van der Waals surface area contributed by atoms with Gasteiger partial charge >= 0.3 is 0 Å². The van der Waals surface area contributed by atoms with Crippen LogP contribution in [0, 0.1) is 18.3 Å². The maximum absolute atomic E-state index is 15.3. The molecule has 11 nitrogen and oxygen atoms in total. The number of aliphatic hydroxyl groups excluding tert-OH is 1. The molecule has 0 spiro atoms. The monoisotopic (exact) mass is 754 g/mol. The topological polar surface area (TPSA) is 175 Å². The third-order valence-corrected chi connectivity index (χ3v) is 8.78. The molecule has 2 unspecified atom stereocenters. The van der Waals surface area contributed by atoms with Crippen molar-refractivity contribution in [2.45, 2.75) is 84.5 Å². The van der Waals surface area contributed by atoms with Crippen molar-refractivity contribution in [2.75, 3.05) is 40.5 Å². The number of unbranched alkanes of at least 4 members (excludes halogenated alkanes) is 1. The zero-order valence-corrected chi connectivity index (χ0v) is 32.5. The molecule has 14 heteroatoms. The van der Waals surface area contributed by atoms with Crippen molar-refractivity contribution in [1.29, 1.82) is 0 Å². The molecule has 2 fully saturated rings. The molecular formula is C33H54FN6O5SY-. The van der Waals surface area contributed by atoms with E-state index in [-0.39, 0.29) is 57.8 Å². The van der Waals surface area contributed by atoms with Gasteiger partial charge in [0.1, 0.15) is 24.2 Å². The van der Waals surface area contributed by atoms with E-state index in [1.165, 1.54) is 7.05 Å². The first-order chi connectivity index (χ1) is 22.0. The number of halogens is 1. The summed E-state index contributed by atoms with van der Waals surface area (Å²) in [6, 6.07) is 5.32. The molecule has 1 saturated heterocycles. The van der Waals surface area contributed by atoms with Crippen LogP contribution in [0.4, 0.5) is 4.39 Å². The molecular weight excluding hydrogens is 700 g/mol. The van der Waals surface area contributed by atoms with Crippen molar-refractivity contribution in [3.63, 3.8) is 0 Å². The number of nitrogens with one attached hydrogen (secondary N) is 1. The summed E-state index contributed by atoms with van der Waals surface area (Å²) < 4.78 is 21.3. The molecule has 2 atom stereocenters. The Morgan fingerprint density at radius 2 is 1.91 bits per heavy atom. The van der Waals surface area contributed by atoms with Crippen LogP contribution in [0.5, 0.6) is 5.75 Å². The van der Waals surface area contributed by atoms with Crippen molar-refractivity contribution in [2.24, 2.45) is 22.8 Å². The Labute approximate surface area is 309 Å². The van der Waals surface area contributed by atoms with Gasteiger partial charge in [-0.05, 0) is 69.7 Å². The molecule has 2 heterocycles. The van der Waals surface area contributed by atoms with Gasteiger partial charge in [0.25, 0.3) is 0 Å². The number of benzene rings is 1. The first kappa shape index (κ1) is 45.1. The molecule has 1 radical (unpaired) electrons. The number of amides is 2. The second kappa shape index (κ2) is 22.7. The molecule has 263 valence electrons. The number of rotatable bonds is 13. The summed E-state index contributed by atoms with van der Waals surface area (Å²) in [7, 11) is 2.50. The molecule has 1 saturated carbocycles. The second-order valence-electron chi connectivity index (χ2n) is 12.0. The molecule has 2 amide bonds. The van der Waals surface area contributed by atoms with Gasteiger partial charge in [0, 0.05) is 65.2 Å². The fourth-order valence-corrected chi connectivity index (χ4v) is 6.45. The van der Waals surface area contributed by atoms with E-state index in [0.29, 0.717) is 44.6 Å². The number of alkyl halides is 1. The number of carbonyl (C=O) groups excluding carboxylic acids is 3. The van der Waals surface area contributed by atoms with Crippen LogP contribution in [0.3, 0.4) is 0 Å². The van der Waals surface area contributed by atoms with Gasteiger partial charge in [-0.15, -0.1) is 17.9 Å². The number of nitrogens with zero attached hydrogens (tertiary/aromatic N) is 3. The van der Waals surface area contributed by atoms with Crippen LogP contribution in [-0.4, -0.2) is 85.8 Å². The van der Waals surface area contributed by atoms with Gasteiger partial charge in [-0.3, -0.25) is 9.59 Å². The van der Waals surface area contributed by atoms with Crippen LogP contribution in [0.15, 0.2) is 23.7 Å². The molecule has 4 rings (SSSR count). The SMILES string of the molecule is C=O.CN.CO.Cc1ncsc1-c1ccc(CNC(=O)C2CCCN2C(=O)C(C(C)(C)C)C2(F)CC2)c(OC[N-]CCCCN)c1.[Y]. The second-order valence-corrected chi connectivity index (χ2v) is 12.9. The number of aryl methyl sites for hydroxylation is 1. The Hall–Kier alpha value is -1.87. The number of ether oxygens (including phenoxy) is 1. The summed E-state index contributed by atoms with van der Waals surface area (Å²) >= 11 is 1.57. The van der Waals surface area contributed by atoms with Gasteiger partial charge in [-0.25, -0.2) is 9.37 Å². The summed E-state index contributed by atoms with van der Waals surface area (Å²) in [5.74, 6) is -0.560. The van der Waals surface area contributed by atoms with E-state index in [4.69, 9.17) is 20.4 Å². The molecule has 1 aromatic heterocycles. The molecule has 0 bridgehead atoms. The number of aliphatic hydroxyl groups is 1. The third kappa shape index (κ3) is 13.2.